The van der Waals surface area contributed by atoms with Gasteiger partial charge in [-0.25, -0.2) is 0 Å². The zero-order valence-electron chi connectivity index (χ0n) is 12.0. The van der Waals surface area contributed by atoms with Crippen molar-refractivity contribution in [3.8, 4) is 0 Å². The van der Waals surface area contributed by atoms with Gasteiger partial charge >= 0.3 is 0 Å². The van der Waals surface area contributed by atoms with Gasteiger partial charge in [-0.05, 0) is 58.5 Å². The van der Waals surface area contributed by atoms with Crippen LogP contribution in [0.15, 0.2) is 0 Å². The molecule has 0 aliphatic carbocycles. The Labute approximate surface area is 103 Å². The summed E-state index contributed by atoms with van der Waals surface area (Å²) in [4.78, 5) is 0. The van der Waals surface area contributed by atoms with Crippen LogP contribution in [0.2, 0.25) is 0 Å². The molecule has 2 heteroatoms. The monoisotopic (exact) mass is 228 g/mol. The van der Waals surface area contributed by atoms with Gasteiger partial charge in [-0.15, -0.1) is 0 Å². The second kappa shape index (κ2) is 10.1. The molecule has 0 saturated heterocycles. The predicted molar refractivity (Wildman–Crippen MR) is 73.9 cm³/mol. The molecule has 98 valence electrons. The Hall–Kier alpha value is -0.0800. The highest BCUT2D eigenvalue weighted by atomic mass is 14.9. The quantitative estimate of drug-likeness (QED) is 0.561. The van der Waals surface area contributed by atoms with Crippen LogP contribution in [-0.2, 0) is 0 Å². The normalized spacial score (nSPS) is 17.1. The molecule has 16 heavy (non-hydrogen) atoms. The summed E-state index contributed by atoms with van der Waals surface area (Å²) in [6, 6.07) is 1.34. The third-order valence-corrected chi connectivity index (χ3v) is 3.41. The van der Waals surface area contributed by atoms with Gasteiger partial charge in [0.2, 0.25) is 0 Å². The van der Waals surface area contributed by atoms with Crippen LogP contribution in [0.3, 0.4) is 0 Å². The summed E-state index contributed by atoms with van der Waals surface area (Å²) in [6.45, 7) is 13.7. The lowest BCUT2D eigenvalue weighted by atomic mass is 10.0. The molecular weight excluding hydrogens is 196 g/mol. The molecule has 3 atom stereocenters. The fourth-order valence-electron chi connectivity index (χ4n) is 1.59. The summed E-state index contributed by atoms with van der Waals surface area (Å²) < 4.78 is 0. The Kier molecular flexibility index (Phi) is 10.0. The largest absolute Gasteiger partial charge is 0.314 e. The van der Waals surface area contributed by atoms with Crippen LogP contribution in [0, 0.1) is 5.92 Å². The lowest BCUT2D eigenvalue weighted by molar-refractivity contribution is 0.415. The maximum atomic E-state index is 3.57. The maximum Gasteiger partial charge on any atom is 0.00362 e. The summed E-state index contributed by atoms with van der Waals surface area (Å²) in [6.07, 6.45) is 5.08. The van der Waals surface area contributed by atoms with Gasteiger partial charge in [0.15, 0.2) is 0 Å². The van der Waals surface area contributed by atoms with Crippen LogP contribution < -0.4 is 10.6 Å². The molecule has 0 aromatic heterocycles. The van der Waals surface area contributed by atoms with Crippen LogP contribution in [0.1, 0.15) is 60.3 Å². The van der Waals surface area contributed by atoms with E-state index in [0.29, 0.717) is 12.1 Å². The maximum absolute atomic E-state index is 3.57. The Morgan fingerprint density at radius 3 is 2.00 bits per heavy atom. The molecule has 0 radical (unpaired) electrons. The van der Waals surface area contributed by atoms with Crippen molar-refractivity contribution in [2.75, 3.05) is 13.1 Å². The SMILES string of the molecule is CCC(C)NCCCC(C)CNC(C)CC. The van der Waals surface area contributed by atoms with Gasteiger partial charge in [0.05, 0.1) is 0 Å². The van der Waals surface area contributed by atoms with E-state index < -0.39 is 0 Å². The van der Waals surface area contributed by atoms with Gasteiger partial charge in [-0.3, -0.25) is 0 Å². The first-order valence-corrected chi connectivity index (χ1v) is 7.06. The minimum Gasteiger partial charge on any atom is -0.314 e. The summed E-state index contributed by atoms with van der Waals surface area (Å²) in [5, 5.41) is 7.12. The van der Waals surface area contributed by atoms with E-state index in [9.17, 15) is 0 Å². The lowest BCUT2D eigenvalue weighted by Crippen LogP contribution is -2.30. The Bertz CT molecular complexity index is 148. The zero-order chi connectivity index (χ0) is 12.4. The highest BCUT2D eigenvalue weighted by Gasteiger charge is 2.04. The molecule has 0 amide bonds. The van der Waals surface area contributed by atoms with Crippen molar-refractivity contribution in [1.29, 1.82) is 0 Å². The zero-order valence-corrected chi connectivity index (χ0v) is 12.0. The molecule has 0 aromatic carbocycles. The van der Waals surface area contributed by atoms with E-state index in [4.69, 9.17) is 0 Å². The predicted octanol–water partition coefficient (Wildman–Crippen LogP) is 3.18. The first-order chi connectivity index (χ1) is 7.60. The molecule has 3 unspecified atom stereocenters. The molecule has 0 rings (SSSR count). The van der Waals surface area contributed by atoms with Gasteiger partial charge < -0.3 is 10.6 Å². The fraction of sp³-hybridized carbons (Fsp3) is 1.00. The van der Waals surface area contributed by atoms with E-state index in [-0.39, 0.29) is 0 Å². The second-order valence-corrected chi connectivity index (χ2v) is 5.23. The first kappa shape index (κ1) is 15.9. The number of rotatable bonds is 10. The van der Waals surface area contributed by atoms with Crippen molar-refractivity contribution in [3.05, 3.63) is 0 Å². The van der Waals surface area contributed by atoms with Gasteiger partial charge in [0, 0.05) is 12.1 Å². The molecule has 0 saturated carbocycles. The Morgan fingerprint density at radius 1 is 0.875 bits per heavy atom. The van der Waals surface area contributed by atoms with E-state index in [1.165, 1.54) is 38.8 Å². The van der Waals surface area contributed by atoms with Crippen molar-refractivity contribution in [3.63, 3.8) is 0 Å². The van der Waals surface area contributed by atoms with Crippen LogP contribution in [0.25, 0.3) is 0 Å². The smallest absolute Gasteiger partial charge is 0.00362 e. The van der Waals surface area contributed by atoms with Crippen molar-refractivity contribution < 1.29 is 0 Å². The molecule has 0 heterocycles. The minimum absolute atomic E-state index is 0.667. The molecule has 0 aromatic rings. The van der Waals surface area contributed by atoms with Crippen molar-refractivity contribution in [2.24, 2.45) is 5.92 Å². The molecule has 0 aliphatic rings. The summed E-state index contributed by atoms with van der Waals surface area (Å²) >= 11 is 0. The highest BCUT2D eigenvalue weighted by Crippen LogP contribution is 2.04. The molecule has 2 N–H and O–H groups in total. The topological polar surface area (TPSA) is 24.1 Å². The van der Waals surface area contributed by atoms with Gasteiger partial charge in [0.1, 0.15) is 0 Å². The highest BCUT2D eigenvalue weighted by molar-refractivity contribution is 4.64. The summed E-state index contributed by atoms with van der Waals surface area (Å²) in [5.74, 6) is 0.799. The average molecular weight is 228 g/mol. The summed E-state index contributed by atoms with van der Waals surface area (Å²) in [5.41, 5.74) is 0. The molecule has 0 aliphatic heterocycles. The molecule has 2 nitrogen and oxygen atoms in total. The third-order valence-electron chi connectivity index (χ3n) is 3.41. The lowest BCUT2D eigenvalue weighted by Gasteiger charge is -2.17. The molecule has 0 spiro atoms. The van der Waals surface area contributed by atoms with Crippen molar-refractivity contribution >= 4 is 0 Å². The van der Waals surface area contributed by atoms with E-state index >= 15 is 0 Å². The number of hydrogen-bond donors (Lipinski definition) is 2. The molecule has 0 bridgehead atoms. The standard InChI is InChI=1S/C14H32N2/c1-6-13(4)15-10-8-9-12(3)11-16-14(5)7-2/h12-16H,6-11H2,1-5H3. The number of hydrogen-bond acceptors (Lipinski definition) is 2. The van der Waals surface area contributed by atoms with E-state index in [0.717, 1.165) is 5.92 Å². The van der Waals surface area contributed by atoms with E-state index in [1.54, 1.807) is 0 Å². The van der Waals surface area contributed by atoms with Crippen LogP contribution in [0.5, 0.6) is 0 Å². The average Bonchev–Trinajstić information content (AvgIpc) is 2.31. The van der Waals surface area contributed by atoms with E-state index in [2.05, 4.69) is 45.3 Å². The van der Waals surface area contributed by atoms with Gasteiger partial charge in [-0.2, -0.15) is 0 Å². The Morgan fingerprint density at radius 2 is 1.44 bits per heavy atom. The van der Waals surface area contributed by atoms with Crippen LogP contribution in [0.4, 0.5) is 0 Å². The molecular formula is C14H32N2. The summed E-state index contributed by atoms with van der Waals surface area (Å²) in [7, 11) is 0. The molecule has 0 fully saturated rings. The Balaban J connectivity index is 3.33. The number of nitrogens with one attached hydrogen (secondary N) is 2. The van der Waals surface area contributed by atoms with E-state index in [1.807, 2.05) is 0 Å². The van der Waals surface area contributed by atoms with Crippen LogP contribution >= 0.6 is 0 Å². The fourth-order valence-corrected chi connectivity index (χ4v) is 1.59. The van der Waals surface area contributed by atoms with Crippen molar-refractivity contribution in [1.82, 2.24) is 10.6 Å². The third kappa shape index (κ3) is 9.17. The minimum atomic E-state index is 0.667. The first-order valence-electron chi connectivity index (χ1n) is 7.06. The van der Waals surface area contributed by atoms with Gasteiger partial charge in [-0.1, -0.05) is 20.8 Å². The van der Waals surface area contributed by atoms with Crippen LogP contribution in [-0.4, -0.2) is 25.2 Å². The van der Waals surface area contributed by atoms with Crippen molar-refractivity contribution in [2.45, 2.75) is 72.4 Å². The second-order valence-electron chi connectivity index (χ2n) is 5.23. The van der Waals surface area contributed by atoms with Gasteiger partial charge in [0.25, 0.3) is 0 Å².